The van der Waals surface area contributed by atoms with Crippen LogP contribution in [0.1, 0.15) is 57.9 Å². The Bertz CT molecular complexity index is 688. The van der Waals surface area contributed by atoms with E-state index in [0.717, 1.165) is 44.6 Å². The Morgan fingerprint density at radius 2 is 1.72 bits per heavy atom. The van der Waals surface area contributed by atoms with Gasteiger partial charge in [-0.1, -0.05) is 0 Å². The van der Waals surface area contributed by atoms with Gasteiger partial charge in [0.25, 0.3) is 0 Å². The topological polar surface area (TPSA) is 56.8 Å². The van der Waals surface area contributed by atoms with E-state index in [4.69, 9.17) is 14.2 Å². The molecule has 2 saturated carbocycles. The quantitative estimate of drug-likeness (QED) is 0.629. The third-order valence-electron chi connectivity index (χ3n) is 5.40. The minimum Gasteiger partial charge on any atom is -0.490 e. The number of benzene rings is 1. The van der Waals surface area contributed by atoms with Crippen LogP contribution >= 0.6 is 0 Å². The molecule has 1 N–H and O–H groups in total. The molecule has 2 fully saturated rings. The molecule has 0 saturated heterocycles. The van der Waals surface area contributed by atoms with Crippen LogP contribution in [0.4, 0.5) is 8.78 Å². The number of hydrogen-bond acceptors (Lipinski definition) is 4. The second kappa shape index (κ2) is 10.3. The summed E-state index contributed by atoms with van der Waals surface area (Å²) in [5.74, 6) is -0.654. The molecule has 1 aromatic rings. The standard InChI is InChI=1S/C22H31F2NO4/c1-14(25-15(2)26)11-27-18-5-7-19(8-6-18)28-13-17-9-21(24)22(10-20(17)23)29-12-16-3-4-16/h9-10,14,16,18-19H,3-8,11-13H2,1-2H3,(H,25,26)/t14-,18?,19?/m0/s1. The Morgan fingerprint density at radius 3 is 2.34 bits per heavy atom. The van der Waals surface area contributed by atoms with Gasteiger partial charge in [-0.25, -0.2) is 8.78 Å². The van der Waals surface area contributed by atoms with Gasteiger partial charge in [-0.3, -0.25) is 4.79 Å². The normalized spacial score (nSPS) is 22.9. The van der Waals surface area contributed by atoms with Crippen LogP contribution in [0.15, 0.2) is 12.1 Å². The van der Waals surface area contributed by atoms with Crippen molar-refractivity contribution in [2.45, 2.75) is 77.2 Å². The molecule has 1 aromatic carbocycles. The Balaban J connectivity index is 1.38. The highest BCUT2D eigenvalue weighted by Crippen LogP contribution is 2.31. The van der Waals surface area contributed by atoms with Crippen molar-refractivity contribution in [1.29, 1.82) is 0 Å². The van der Waals surface area contributed by atoms with Crippen LogP contribution in [0.3, 0.4) is 0 Å². The number of hydrogen-bond donors (Lipinski definition) is 1. The highest BCUT2D eigenvalue weighted by atomic mass is 19.1. The van der Waals surface area contributed by atoms with E-state index in [-0.39, 0.29) is 42.1 Å². The molecule has 0 aromatic heterocycles. The summed E-state index contributed by atoms with van der Waals surface area (Å²) in [4.78, 5) is 11.0. The molecule has 0 aliphatic heterocycles. The first-order valence-electron chi connectivity index (χ1n) is 10.5. The minimum absolute atomic E-state index is 0.0101. The highest BCUT2D eigenvalue weighted by Gasteiger charge is 2.24. The molecule has 2 aliphatic carbocycles. The highest BCUT2D eigenvalue weighted by molar-refractivity contribution is 5.73. The number of ether oxygens (including phenoxy) is 3. The summed E-state index contributed by atoms with van der Waals surface area (Å²) in [5.41, 5.74) is 0.212. The molecule has 0 radical (unpaired) electrons. The second-order valence-electron chi connectivity index (χ2n) is 8.27. The first-order chi connectivity index (χ1) is 13.9. The van der Waals surface area contributed by atoms with Crippen molar-refractivity contribution in [3.63, 3.8) is 0 Å². The molecule has 0 heterocycles. The van der Waals surface area contributed by atoms with Gasteiger partial charge in [0, 0.05) is 24.6 Å². The lowest BCUT2D eigenvalue weighted by Crippen LogP contribution is -2.36. The van der Waals surface area contributed by atoms with Crippen molar-refractivity contribution in [3.05, 3.63) is 29.3 Å². The summed E-state index contributed by atoms with van der Waals surface area (Å²) >= 11 is 0. The third kappa shape index (κ3) is 7.23. The summed E-state index contributed by atoms with van der Waals surface area (Å²) in [5, 5.41) is 2.80. The fourth-order valence-electron chi connectivity index (χ4n) is 3.53. The Morgan fingerprint density at radius 1 is 1.07 bits per heavy atom. The van der Waals surface area contributed by atoms with E-state index in [1.54, 1.807) is 0 Å². The lowest BCUT2D eigenvalue weighted by Gasteiger charge is -2.29. The second-order valence-corrected chi connectivity index (χ2v) is 8.27. The molecule has 1 amide bonds. The number of rotatable bonds is 10. The van der Waals surface area contributed by atoms with E-state index in [9.17, 15) is 13.6 Å². The number of carbonyl (C=O) groups is 1. The Hall–Kier alpha value is -1.73. The van der Waals surface area contributed by atoms with Gasteiger partial charge in [-0.15, -0.1) is 0 Å². The van der Waals surface area contributed by atoms with E-state index >= 15 is 0 Å². The van der Waals surface area contributed by atoms with Gasteiger partial charge in [0.1, 0.15) is 5.82 Å². The fraction of sp³-hybridized carbons (Fsp3) is 0.682. The number of carbonyl (C=O) groups excluding carboxylic acids is 1. The van der Waals surface area contributed by atoms with Crippen LogP contribution < -0.4 is 10.1 Å². The maximum Gasteiger partial charge on any atom is 0.217 e. The maximum atomic E-state index is 14.3. The van der Waals surface area contributed by atoms with Gasteiger partial charge >= 0.3 is 0 Å². The molecule has 0 bridgehead atoms. The van der Waals surface area contributed by atoms with Gasteiger partial charge in [-0.05, 0) is 57.4 Å². The van der Waals surface area contributed by atoms with Crippen molar-refractivity contribution in [1.82, 2.24) is 5.32 Å². The predicted molar refractivity (Wildman–Crippen MR) is 105 cm³/mol. The van der Waals surface area contributed by atoms with Crippen molar-refractivity contribution >= 4 is 5.91 Å². The average Bonchev–Trinajstić information content (AvgIpc) is 3.50. The van der Waals surface area contributed by atoms with Crippen LogP contribution in [0, 0.1) is 17.6 Å². The van der Waals surface area contributed by atoms with Crippen LogP contribution in [0.2, 0.25) is 0 Å². The zero-order valence-electron chi connectivity index (χ0n) is 17.2. The molecule has 0 unspecified atom stereocenters. The molecule has 2 aliphatic rings. The van der Waals surface area contributed by atoms with Crippen molar-refractivity contribution in [2.75, 3.05) is 13.2 Å². The summed E-state index contributed by atoms with van der Waals surface area (Å²) in [6, 6.07) is 2.28. The fourth-order valence-corrected chi connectivity index (χ4v) is 3.53. The van der Waals surface area contributed by atoms with Gasteiger partial charge in [0.15, 0.2) is 11.6 Å². The first-order valence-corrected chi connectivity index (χ1v) is 10.5. The monoisotopic (exact) mass is 411 g/mol. The summed E-state index contributed by atoms with van der Waals surface area (Å²) in [6.07, 6.45) is 5.66. The van der Waals surface area contributed by atoms with Gasteiger partial charge in [-0.2, -0.15) is 0 Å². The molecule has 5 nitrogen and oxygen atoms in total. The zero-order valence-corrected chi connectivity index (χ0v) is 17.2. The number of nitrogens with one attached hydrogen (secondary N) is 1. The van der Waals surface area contributed by atoms with E-state index in [1.165, 1.54) is 13.0 Å². The van der Waals surface area contributed by atoms with E-state index in [0.29, 0.717) is 19.1 Å². The largest absolute Gasteiger partial charge is 0.490 e. The number of amides is 1. The average molecular weight is 411 g/mol. The molecular weight excluding hydrogens is 380 g/mol. The third-order valence-corrected chi connectivity index (χ3v) is 5.40. The van der Waals surface area contributed by atoms with Gasteiger partial charge in [0.2, 0.25) is 5.91 Å². The molecule has 162 valence electrons. The number of halogens is 2. The molecule has 1 atom stereocenters. The van der Waals surface area contributed by atoms with Gasteiger partial charge < -0.3 is 19.5 Å². The van der Waals surface area contributed by atoms with Crippen molar-refractivity contribution < 1.29 is 27.8 Å². The Kier molecular flexibility index (Phi) is 7.84. The zero-order chi connectivity index (χ0) is 20.8. The smallest absolute Gasteiger partial charge is 0.217 e. The summed E-state index contributed by atoms with van der Waals surface area (Å²) in [6.45, 7) is 4.37. The molecule has 3 rings (SSSR count). The maximum absolute atomic E-state index is 14.3. The lowest BCUT2D eigenvalue weighted by atomic mass is 9.95. The van der Waals surface area contributed by atoms with Crippen LogP contribution in [0.5, 0.6) is 5.75 Å². The van der Waals surface area contributed by atoms with Crippen molar-refractivity contribution in [2.24, 2.45) is 5.92 Å². The molecule has 0 spiro atoms. The predicted octanol–water partition coefficient (Wildman–Crippen LogP) is 4.12. The molecule has 29 heavy (non-hydrogen) atoms. The van der Waals surface area contributed by atoms with E-state index in [1.807, 2.05) is 6.92 Å². The van der Waals surface area contributed by atoms with Gasteiger partial charge in [0.05, 0.1) is 32.0 Å². The van der Waals surface area contributed by atoms with Crippen LogP contribution in [0.25, 0.3) is 0 Å². The lowest BCUT2D eigenvalue weighted by molar-refractivity contribution is -0.120. The van der Waals surface area contributed by atoms with Crippen LogP contribution in [-0.2, 0) is 20.9 Å². The van der Waals surface area contributed by atoms with E-state index in [2.05, 4.69) is 5.32 Å². The minimum atomic E-state index is -0.545. The first kappa shape index (κ1) is 22.0. The SMILES string of the molecule is CC(=O)N[C@@H](C)COC1CCC(OCc2cc(F)c(OCC3CC3)cc2F)CC1. The van der Waals surface area contributed by atoms with Crippen molar-refractivity contribution in [3.8, 4) is 5.75 Å². The Labute approximate surface area is 171 Å². The molecule has 7 heteroatoms. The molecular formula is C22H31F2NO4. The summed E-state index contributed by atoms with van der Waals surface area (Å²) in [7, 11) is 0. The summed E-state index contributed by atoms with van der Waals surface area (Å²) < 4.78 is 45.5. The van der Waals surface area contributed by atoms with Crippen LogP contribution in [-0.4, -0.2) is 37.4 Å². The van der Waals surface area contributed by atoms with E-state index < -0.39 is 11.6 Å².